The smallest absolute Gasteiger partial charge is 0.0180 e. The molecular weight excluding hydrogens is 224 g/mol. The van der Waals surface area contributed by atoms with Gasteiger partial charge in [0, 0.05) is 4.47 Å². The van der Waals surface area contributed by atoms with Crippen LogP contribution >= 0.6 is 15.9 Å². The van der Waals surface area contributed by atoms with E-state index in [4.69, 9.17) is 0 Å². The monoisotopic (exact) mass is 238 g/mol. The van der Waals surface area contributed by atoms with Gasteiger partial charge in [0.05, 0.1) is 0 Å². The maximum absolute atomic E-state index is 3.57. The molecule has 1 aromatic carbocycles. The molecule has 0 saturated carbocycles. The molecule has 0 atom stereocenters. The van der Waals surface area contributed by atoms with Crippen molar-refractivity contribution in [1.82, 2.24) is 0 Å². The van der Waals surface area contributed by atoms with Crippen molar-refractivity contribution in [2.45, 2.75) is 39.0 Å². The quantitative estimate of drug-likeness (QED) is 0.599. The van der Waals surface area contributed by atoms with Crippen LogP contribution in [0.25, 0.3) is 0 Å². The Morgan fingerprint density at radius 3 is 2.69 bits per heavy atom. The molecule has 1 aromatic rings. The molecule has 0 nitrogen and oxygen atoms in total. The fourth-order valence-electron chi connectivity index (χ4n) is 2.22. The maximum Gasteiger partial charge on any atom is 0.0180 e. The summed E-state index contributed by atoms with van der Waals surface area (Å²) in [4.78, 5) is 0. The summed E-state index contributed by atoms with van der Waals surface area (Å²) in [6.07, 6.45) is 6.69. The Morgan fingerprint density at radius 2 is 1.85 bits per heavy atom. The van der Waals surface area contributed by atoms with Crippen molar-refractivity contribution < 1.29 is 0 Å². The van der Waals surface area contributed by atoms with Crippen LogP contribution in [0.2, 0.25) is 0 Å². The summed E-state index contributed by atoms with van der Waals surface area (Å²) < 4.78 is 1.24. The van der Waals surface area contributed by atoms with Crippen LogP contribution in [-0.4, -0.2) is 0 Å². The van der Waals surface area contributed by atoms with E-state index in [-0.39, 0.29) is 0 Å². The SMILES string of the molecule is Cc1cc(Br)cc2c1CCCCC2. The van der Waals surface area contributed by atoms with Gasteiger partial charge in [-0.05, 0) is 61.4 Å². The van der Waals surface area contributed by atoms with Gasteiger partial charge >= 0.3 is 0 Å². The topological polar surface area (TPSA) is 0 Å². The highest BCUT2D eigenvalue weighted by molar-refractivity contribution is 9.10. The third kappa shape index (κ3) is 1.96. The molecule has 0 unspecified atom stereocenters. The number of rotatable bonds is 0. The second-order valence-electron chi connectivity index (χ2n) is 3.92. The Hall–Kier alpha value is -0.300. The zero-order valence-electron chi connectivity index (χ0n) is 8.07. The Kier molecular flexibility index (Phi) is 2.73. The first-order valence-electron chi connectivity index (χ1n) is 5.05. The maximum atomic E-state index is 3.57. The fraction of sp³-hybridized carbons (Fsp3) is 0.500. The Labute approximate surface area is 88.5 Å². The van der Waals surface area contributed by atoms with Crippen molar-refractivity contribution in [2.75, 3.05) is 0 Å². The molecule has 13 heavy (non-hydrogen) atoms. The van der Waals surface area contributed by atoms with Crippen LogP contribution in [0.5, 0.6) is 0 Å². The molecule has 0 saturated heterocycles. The number of halogens is 1. The second-order valence-corrected chi connectivity index (χ2v) is 4.84. The van der Waals surface area contributed by atoms with E-state index < -0.39 is 0 Å². The highest BCUT2D eigenvalue weighted by Crippen LogP contribution is 2.26. The number of fused-ring (bicyclic) bond motifs is 1. The zero-order chi connectivity index (χ0) is 9.26. The molecule has 0 amide bonds. The minimum absolute atomic E-state index is 1.24. The second kappa shape index (κ2) is 3.83. The minimum Gasteiger partial charge on any atom is -0.0527 e. The van der Waals surface area contributed by atoms with E-state index in [1.54, 1.807) is 11.1 Å². The first-order valence-corrected chi connectivity index (χ1v) is 5.84. The molecule has 0 radical (unpaired) electrons. The van der Waals surface area contributed by atoms with E-state index in [1.165, 1.54) is 42.1 Å². The van der Waals surface area contributed by atoms with Crippen molar-refractivity contribution in [3.8, 4) is 0 Å². The van der Waals surface area contributed by atoms with E-state index in [9.17, 15) is 0 Å². The van der Waals surface area contributed by atoms with Gasteiger partial charge in [-0.15, -0.1) is 0 Å². The Bertz CT molecular complexity index is 315. The van der Waals surface area contributed by atoms with Gasteiger partial charge < -0.3 is 0 Å². The lowest BCUT2D eigenvalue weighted by Crippen LogP contribution is -1.94. The standard InChI is InChI=1S/C12H15Br/c1-9-7-11(13)8-10-5-3-2-4-6-12(9)10/h7-8H,2-6H2,1H3. The molecule has 0 aromatic heterocycles. The molecule has 0 spiro atoms. The summed E-state index contributed by atoms with van der Waals surface area (Å²) in [5.41, 5.74) is 4.65. The molecule has 1 aliphatic carbocycles. The van der Waals surface area contributed by atoms with E-state index in [0.29, 0.717) is 0 Å². The van der Waals surface area contributed by atoms with Crippen LogP contribution in [0.3, 0.4) is 0 Å². The van der Waals surface area contributed by atoms with Crippen LogP contribution in [0.1, 0.15) is 36.0 Å². The summed E-state index contributed by atoms with van der Waals surface area (Å²) in [5, 5.41) is 0. The Balaban J connectivity index is 2.47. The predicted molar refractivity (Wildman–Crippen MR) is 60.1 cm³/mol. The number of benzene rings is 1. The van der Waals surface area contributed by atoms with E-state index >= 15 is 0 Å². The lowest BCUT2D eigenvalue weighted by molar-refractivity contribution is 0.711. The molecule has 0 N–H and O–H groups in total. The summed E-state index contributed by atoms with van der Waals surface area (Å²) >= 11 is 3.57. The first kappa shape index (κ1) is 9.26. The number of hydrogen-bond acceptors (Lipinski definition) is 0. The van der Waals surface area contributed by atoms with Gasteiger partial charge in [-0.3, -0.25) is 0 Å². The van der Waals surface area contributed by atoms with Crippen molar-refractivity contribution in [2.24, 2.45) is 0 Å². The normalized spacial score (nSPS) is 16.5. The van der Waals surface area contributed by atoms with Crippen LogP contribution in [-0.2, 0) is 12.8 Å². The Morgan fingerprint density at radius 1 is 1.08 bits per heavy atom. The van der Waals surface area contributed by atoms with Crippen LogP contribution in [0.15, 0.2) is 16.6 Å². The lowest BCUT2D eigenvalue weighted by atomic mass is 9.98. The molecule has 0 heterocycles. The number of hydrogen-bond donors (Lipinski definition) is 0. The van der Waals surface area contributed by atoms with Gasteiger partial charge in [-0.2, -0.15) is 0 Å². The molecule has 2 rings (SSSR count). The van der Waals surface area contributed by atoms with Crippen LogP contribution in [0.4, 0.5) is 0 Å². The van der Waals surface area contributed by atoms with E-state index in [0.717, 1.165) is 0 Å². The molecule has 70 valence electrons. The van der Waals surface area contributed by atoms with Crippen molar-refractivity contribution in [1.29, 1.82) is 0 Å². The highest BCUT2D eigenvalue weighted by atomic mass is 79.9. The van der Waals surface area contributed by atoms with Gasteiger partial charge in [0.2, 0.25) is 0 Å². The molecular formula is C12H15Br. The van der Waals surface area contributed by atoms with Gasteiger partial charge in [-0.25, -0.2) is 0 Å². The fourth-order valence-corrected chi connectivity index (χ4v) is 2.84. The van der Waals surface area contributed by atoms with Gasteiger partial charge in [0.1, 0.15) is 0 Å². The van der Waals surface area contributed by atoms with E-state index in [2.05, 4.69) is 35.0 Å². The lowest BCUT2D eigenvalue weighted by Gasteiger charge is -2.09. The van der Waals surface area contributed by atoms with Crippen LogP contribution < -0.4 is 0 Å². The van der Waals surface area contributed by atoms with Crippen molar-refractivity contribution in [3.63, 3.8) is 0 Å². The molecule has 0 bridgehead atoms. The van der Waals surface area contributed by atoms with Gasteiger partial charge in [0.15, 0.2) is 0 Å². The predicted octanol–water partition coefficient (Wildman–Crippen LogP) is 4.03. The third-order valence-corrected chi connectivity index (χ3v) is 3.36. The largest absolute Gasteiger partial charge is 0.0527 e. The van der Waals surface area contributed by atoms with Gasteiger partial charge in [-0.1, -0.05) is 22.4 Å². The molecule has 1 aliphatic rings. The minimum atomic E-state index is 1.24. The molecule has 1 heteroatoms. The summed E-state index contributed by atoms with van der Waals surface area (Å²) in [6, 6.07) is 4.54. The summed E-state index contributed by atoms with van der Waals surface area (Å²) in [6.45, 7) is 2.23. The first-order chi connectivity index (χ1) is 6.27. The summed E-state index contributed by atoms with van der Waals surface area (Å²) in [5.74, 6) is 0. The van der Waals surface area contributed by atoms with Crippen LogP contribution in [0, 0.1) is 6.92 Å². The average molecular weight is 239 g/mol. The molecule has 0 aliphatic heterocycles. The van der Waals surface area contributed by atoms with Crippen molar-refractivity contribution in [3.05, 3.63) is 33.3 Å². The highest BCUT2D eigenvalue weighted by Gasteiger charge is 2.10. The van der Waals surface area contributed by atoms with Gasteiger partial charge in [0.25, 0.3) is 0 Å². The summed E-state index contributed by atoms with van der Waals surface area (Å²) in [7, 11) is 0. The zero-order valence-corrected chi connectivity index (χ0v) is 9.65. The average Bonchev–Trinajstić information content (AvgIpc) is 2.28. The third-order valence-electron chi connectivity index (χ3n) is 2.90. The molecule has 0 fully saturated rings. The number of aryl methyl sites for hydroxylation is 2. The van der Waals surface area contributed by atoms with E-state index in [1.807, 2.05) is 0 Å². The van der Waals surface area contributed by atoms with Crippen molar-refractivity contribution >= 4 is 15.9 Å².